The van der Waals surface area contributed by atoms with Crippen molar-refractivity contribution in [3.63, 3.8) is 0 Å². The number of rotatable bonds is 4. The lowest BCUT2D eigenvalue weighted by Gasteiger charge is -2.34. The normalized spacial score (nSPS) is 19.1. The second kappa shape index (κ2) is 10.4. The van der Waals surface area contributed by atoms with Crippen LogP contribution < -0.4 is 15.5 Å². The molecule has 0 spiro atoms. The van der Waals surface area contributed by atoms with Gasteiger partial charge < -0.3 is 20.6 Å². The lowest BCUT2D eigenvalue weighted by atomic mass is 9.88. The molecule has 1 saturated heterocycles. The highest BCUT2D eigenvalue weighted by Gasteiger charge is 2.22. The second-order valence-corrected chi connectivity index (χ2v) is 8.14. The first-order valence-electron chi connectivity index (χ1n) is 10.7. The molecule has 4 rings (SSSR count). The van der Waals surface area contributed by atoms with E-state index >= 15 is 0 Å². The number of aliphatic imine (C=N–C) groups is 1. The number of aromatic nitrogens is 2. The van der Waals surface area contributed by atoms with Crippen molar-refractivity contribution < 1.29 is 5.11 Å². The molecule has 8 heteroatoms. The van der Waals surface area contributed by atoms with Crippen molar-refractivity contribution in [3.05, 3.63) is 41.2 Å². The molecule has 1 unspecified atom stereocenters. The number of nitrogens with zero attached hydrogens (tertiary/aromatic N) is 4. The molecule has 30 heavy (non-hydrogen) atoms. The number of benzene rings is 1. The number of guanidine groups is 1. The largest absolute Gasteiger partial charge is 0.508 e. The van der Waals surface area contributed by atoms with E-state index < -0.39 is 0 Å². The first kappa shape index (κ1) is 22.7. The first-order chi connectivity index (χ1) is 14.1. The quantitative estimate of drug-likeness (QED) is 0.326. The van der Waals surface area contributed by atoms with Crippen molar-refractivity contribution in [1.82, 2.24) is 20.4 Å². The number of piperidine rings is 1. The van der Waals surface area contributed by atoms with Crippen molar-refractivity contribution in [2.75, 3.05) is 25.0 Å². The lowest BCUT2D eigenvalue weighted by Crippen LogP contribution is -2.51. The molecule has 2 aliphatic rings. The predicted octanol–water partition coefficient (Wildman–Crippen LogP) is 2.96. The maximum Gasteiger partial charge on any atom is 0.191 e. The van der Waals surface area contributed by atoms with Gasteiger partial charge in [0.2, 0.25) is 0 Å². The van der Waals surface area contributed by atoms with Gasteiger partial charge in [0, 0.05) is 51.5 Å². The van der Waals surface area contributed by atoms with Crippen LogP contribution in [0.3, 0.4) is 0 Å². The Labute approximate surface area is 196 Å². The van der Waals surface area contributed by atoms with Crippen LogP contribution in [0.2, 0.25) is 0 Å². The van der Waals surface area contributed by atoms with Crippen LogP contribution in [0.5, 0.6) is 5.75 Å². The van der Waals surface area contributed by atoms with E-state index in [0.29, 0.717) is 18.3 Å². The van der Waals surface area contributed by atoms with Gasteiger partial charge in [0.25, 0.3) is 0 Å². The Morgan fingerprint density at radius 1 is 1.27 bits per heavy atom. The molecule has 0 bridgehead atoms. The van der Waals surface area contributed by atoms with Gasteiger partial charge in [0.1, 0.15) is 5.75 Å². The zero-order valence-corrected chi connectivity index (χ0v) is 20.2. The summed E-state index contributed by atoms with van der Waals surface area (Å²) in [7, 11) is 3.75. The number of anilines is 1. The van der Waals surface area contributed by atoms with Crippen LogP contribution in [0.4, 0.5) is 5.69 Å². The third-order valence-corrected chi connectivity index (χ3v) is 6.10. The SMILES string of the molecule is CN=C(NCc1c(O)ccc2c1CCCC2)NC1CCCN(c2cnn(C)c2)C1.I. The molecule has 7 nitrogen and oxygen atoms in total. The van der Waals surface area contributed by atoms with Crippen molar-refractivity contribution in [2.45, 2.75) is 51.1 Å². The summed E-state index contributed by atoms with van der Waals surface area (Å²) in [6.07, 6.45) is 10.8. The van der Waals surface area contributed by atoms with Crippen LogP contribution >= 0.6 is 24.0 Å². The molecule has 2 aromatic rings. The Hall–Kier alpha value is -1.97. The summed E-state index contributed by atoms with van der Waals surface area (Å²) in [6, 6.07) is 4.24. The molecule has 3 N–H and O–H groups in total. The molecule has 1 fully saturated rings. The average Bonchev–Trinajstić information content (AvgIpc) is 3.18. The lowest BCUT2D eigenvalue weighted by molar-refractivity contribution is 0.460. The molecule has 0 radical (unpaired) electrons. The minimum Gasteiger partial charge on any atom is -0.508 e. The molecule has 1 aliphatic carbocycles. The van der Waals surface area contributed by atoms with E-state index in [9.17, 15) is 5.11 Å². The maximum atomic E-state index is 10.4. The van der Waals surface area contributed by atoms with E-state index in [1.54, 1.807) is 7.05 Å². The number of fused-ring (bicyclic) bond motifs is 1. The Morgan fingerprint density at radius 3 is 2.87 bits per heavy atom. The van der Waals surface area contributed by atoms with E-state index in [1.807, 2.05) is 24.0 Å². The molecule has 1 aliphatic heterocycles. The van der Waals surface area contributed by atoms with Crippen LogP contribution in [-0.4, -0.2) is 47.0 Å². The fourth-order valence-electron chi connectivity index (χ4n) is 4.55. The topological polar surface area (TPSA) is 77.7 Å². The highest BCUT2D eigenvalue weighted by Crippen LogP contribution is 2.30. The van der Waals surface area contributed by atoms with Crippen molar-refractivity contribution in [1.29, 1.82) is 0 Å². The Kier molecular flexibility index (Phi) is 7.85. The standard InChI is InChI=1S/C22H32N6O.HI/c1-23-22(24-13-20-19-8-4-3-6-16(19)9-10-21(20)29)26-17-7-5-11-28(14-17)18-12-25-27(2)15-18;/h9-10,12,15,17,29H,3-8,11,13-14H2,1-2H3,(H2,23,24,26);1H. The minimum atomic E-state index is 0. The van der Waals surface area contributed by atoms with Crippen LogP contribution in [0, 0.1) is 0 Å². The van der Waals surface area contributed by atoms with Gasteiger partial charge >= 0.3 is 0 Å². The molecule has 1 aromatic heterocycles. The molecule has 0 saturated carbocycles. The highest BCUT2D eigenvalue weighted by molar-refractivity contribution is 14.0. The second-order valence-electron chi connectivity index (χ2n) is 8.14. The first-order valence-corrected chi connectivity index (χ1v) is 10.7. The summed E-state index contributed by atoms with van der Waals surface area (Å²) >= 11 is 0. The van der Waals surface area contributed by atoms with Gasteiger partial charge in [-0.15, -0.1) is 24.0 Å². The van der Waals surface area contributed by atoms with E-state index in [2.05, 4.69) is 37.9 Å². The minimum absolute atomic E-state index is 0. The van der Waals surface area contributed by atoms with Crippen LogP contribution in [0.1, 0.15) is 42.4 Å². The van der Waals surface area contributed by atoms with Gasteiger partial charge in [-0.25, -0.2) is 0 Å². The number of phenolic OH excluding ortho intramolecular Hbond substituents is 1. The molecular weight excluding hydrogens is 491 g/mol. The van der Waals surface area contributed by atoms with Crippen LogP contribution in [0.15, 0.2) is 29.5 Å². The molecule has 0 amide bonds. The number of aromatic hydroxyl groups is 1. The summed E-state index contributed by atoms with van der Waals surface area (Å²) < 4.78 is 1.85. The fourth-order valence-corrected chi connectivity index (χ4v) is 4.55. The zero-order valence-electron chi connectivity index (χ0n) is 17.9. The molecule has 2 heterocycles. The number of phenols is 1. The van der Waals surface area contributed by atoms with Gasteiger partial charge in [-0.05, 0) is 55.7 Å². The Morgan fingerprint density at radius 2 is 2.10 bits per heavy atom. The third kappa shape index (κ3) is 5.19. The van der Waals surface area contributed by atoms with Gasteiger partial charge in [-0.2, -0.15) is 5.10 Å². The fraction of sp³-hybridized carbons (Fsp3) is 0.545. The van der Waals surface area contributed by atoms with Crippen LogP contribution in [-0.2, 0) is 26.4 Å². The summed E-state index contributed by atoms with van der Waals surface area (Å²) in [5.74, 6) is 1.17. The molecular formula is C22H33IN6O. The van der Waals surface area contributed by atoms with Gasteiger partial charge in [-0.3, -0.25) is 9.67 Å². The number of hydrogen-bond acceptors (Lipinski definition) is 4. The Bertz CT molecular complexity index is 881. The summed E-state index contributed by atoms with van der Waals surface area (Å²) in [4.78, 5) is 6.79. The van der Waals surface area contributed by atoms with Gasteiger partial charge in [0.05, 0.1) is 11.9 Å². The Balaban J connectivity index is 0.00000256. The number of aryl methyl sites for hydroxylation is 2. The van der Waals surface area contributed by atoms with Crippen LogP contribution in [0.25, 0.3) is 0 Å². The number of halogens is 1. The van der Waals surface area contributed by atoms with Gasteiger partial charge in [-0.1, -0.05) is 6.07 Å². The van der Waals surface area contributed by atoms with Crippen molar-refractivity contribution >= 4 is 35.6 Å². The maximum absolute atomic E-state index is 10.4. The summed E-state index contributed by atoms with van der Waals surface area (Å²) in [6.45, 7) is 2.58. The summed E-state index contributed by atoms with van der Waals surface area (Å²) in [5.41, 5.74) is 4.89. The van der Waals surface area contributed by atoms with Crippen molar-refractivity contribution in [3.8, 4) is 5.75 Å². The van der Waals surface area contributed by atoms with E-state index in [0.717, 1.165) is 50.3 Å². The number of nitrogens with one attached hydrogen (secondary N) is 2. The molecule has 1 atom stereocenters. The van der Waals surface area contributed by atoms with E-state index in [4.69, 9.17) is 0 Å². The zero-order chi connectivity index (χ0) is 20.2. The van der Waals surface area contributed by atoms with E-state index in [-0.39, 0.29) is 24.0 Å². The third-order valence-electron chi connectivity index (χ3n) is 6.10. The number of hydrogen-bond donors (Lipinski definition) is 3. The van der Waals surface area contributed by atoms with Crippen molar-refractivity contribution in [2.24, 2.45) is 12.0 Å². The van der Waals surface area contributed by atoms with E-state index in [1.165, 1.54) is 29.7 Å². The average molecular weight is 524 g/mol. The smallest absolute Gasteiger partial charge is 0.191 e. The predicted molar refractivity (Wildman–Crippen MR) is 132 cm³/mol. The monoisotopic (exact) mass is 524 g/mol. The summed E-state index contributed by atoms with van der Waals surface area (Å²) in [5, 5.41) is 21.7. The van der Waals surface area contributed by atoms with Gasteiger partial charge in [0.15, 0.2) is 5.96 Å². The highest BCUT2D eigenvalue weighted by atomic mass is 127. The molecule has 164 valence electrons. The molecule has 1 aromatic carbocycles.